The highest BCUT2D eigenvalue weighted by Gasteiger charge is 2.11. The second-order valence-electron chi connectivity index (χ2n) is 4.41. The average Bonchev–Trinajstić information content (AvgIpc) is 2.81. The molecule has 5 heteroatoms. The lowest BCUT2D eigenvalue weighted by molar-refractivity contribution is 0.243. The van der Waals surface area contributed by atoms with Crippen molar-refractivity contribution in [3.05, 3.63) is 24.0 Å². The third-order valence-electron chi connectivity index (χ3n) is 3.27. The van der Waals surface area contributed by atoms with Crippen LogP contribution in [0, 0.1) is 0 Å². The number of nitrogens with one attached hydrogen (secondary N) is 2. The average molecular weight is 231 g/mol. The van der Waals surface area contributed by atoms with Crippen LogP contribution in [0.3, 0.4) is 0 Å². The molecule has 0 atom stereocenters. The molecule has 0 saturated carbocycles. The minimum atomic E-state index is 0.961. The first-order chi connectivity index (χ1) is 8.43. The molecule has 90 valence electrons. The molecule has 3 rings (SSSR count). The van der Waals surface area contributed by atoms with Crippen LogP contribution in [-0.4, -0.2) is 52.8 Å². The van der Waals surface area contributed by atoms with Crippen LogP contribution in [0.1, 0.15) is 5.69 Å². The van der Waals surface area contributed by atoms with Gasteiger partial charge >= 0.3 is 0 Å². The maximum absolute atomic E-state index is 4.38. The predicted molar refractivity (Wildman–Crippen MR) is 66.9 cm³/mol. The number of aromatic nitrogens is 3. The zero-order valence-electron chi connectivity index (χ0n) is 9.82. The predicted octanol–water partition coefficient (Wildman–Crippen LogP) is 0.406. The van der Waals surface area contributed by atoms with Crippen LogP contribution < -0.4 is 5.32 Å². The minimum absolute atomic E-state index is 0.961. The molecule has 2 aromatic rings. The van der Waals surface area contributed by atoms with Crippen molar-refractivity contribution in [3.8, 4) is 0 Å². The molecular weight excluding hydrogens is 214 g/mol. The molecule has 1 saturated heterocycles. The number of hydrogen-bond acceptors (Lipinski definition) is 4. The number of hydrogen-bond donors (Lipinski definition) is 2. The monoisotopic (exact) mass is 231 g/mol. The van der Waals surface area contributed by atoms with E-state index >= 15 is 0 Å². The Labute approximate surface area is 100 Å². The Kier molecular flexibility index (Phi) is 3.02. The van der Waals surface area contributed by atoms with Gasteiger partial charge in [0, 0.05) is 45.3 Å². The zero-order valence-corrected chi connectivity index (χ0v) is 9.82. The summed E-state index contributed by atoms with van der Waals surface area (Å²) in [6, 6.07) is 3.91. The molecule has 0 aliphatic carbocycles. The van der Waals surface area contributed by atoms with E-state index in [0.29, 0.717) is 0 Å². The highest BCUT2D eigenvalue weighted by atomic mass is 15.2. The summed E-state index contributed by atoms with van der Waals surface area (Å²) in [5.74, 6) is 0. The highest BCUT2D eigenvalue weighted by molar-refractivity contribution is 5.76. The summed E-state index contributed by atoms with van der Waals surface area (Å²) in [7, 11) is 0. The molecular formula is C12H17N5. The Hall–Kier alpha value is -1.46. The van der Waals surface area contributed by atoms with Crippen LogP contribution in [0.25, 0.3) is 11.0 Å². The van der Waals surface area contributed by atoms with E-state index in [1.54, 1.807) is 0 Å². The number of aromatic amines is 1. The Morgan fingerprint density at radius 1 is 1.29 bits per heavy atom. The summed E-state index contributed by atoms with van der Waals surface area (Å²) >= 11 is 0. The van der Waals surface area contributed by atoms with E-state index < -0.39 is 0 Å². The van der Waals surface area contributed by atoms with Crippen molar-refractivity contribution in [3.63, 3.8) is 0 Å². The minimum Gasteiger partial charge on any atom is -0.314 e. The summed E-state index contributed by atoms with van der Waals surface area (Å²) in [6.45, 7) is 5.55. The van der Waals surface area contributed by atoms with E-state index in [-0.39, 0.29) is 0 Å². The van der Waals surface area contributed by atoms with Crippen LogP contribution >= 0.6 is 0 Å². The van der Waals surface area contributed by atoms with Gasteiger partial charge in [0.05, 0.1) is 5.69 Å². The van der Waals surface area contributed by atoms with Gasteiger partial charge in [0.25, 0.3) is 0 Å². The lowest BCUT2D eigenvalue weighted by Gasteiger charge is -2.26. The van der Waals surface area contributed by atoms with E-state index in [0.717, 1.165) is 55.9 Å². The summed E-state index contributed by atoms with van der Waals surface area (Å²) in [5.41, 5.74) is 3.13. The van der Waals surface area contributed by atoms with Crippen LogP contribution in [0.2, 0.25) is 0 Å². The fourth-order valence-corrected chi connectivity index (χ4v) is 2.28. The van der Waals surface area contributed by atoms with Crippen LogP contribution in [0.5, 0.6) is 0 Å². The third-order valence-corrected chi connectivity index (χ3v) is 3.27. The number of rotatable bonds is 3. The SMILES string of the molecule is c1cnc2c(CCN3CCNCC3)[nH]nc2c1. The maximum atomic E-state index is 4.38. The molecule has 0 spiro atoms. The van der Waals surface area contributed by atoms with Crippen LogP contribution in [-0.2, 0) is 6.42 Å². The fraction of sp³-hybridized carbons (Fsp3) is 0.500. The molecule has 2 aromatic heterocycles. The third kappa shape index (κ3) is 2.30. The second kappa shape index (κ2) is 4.81. The van der Waals surface area contributed by atoms with Crippen molar-refractivity contribution >= 4 is 11.0 Å². The van der Waals surface area contributed by atoms with Gasteiger partial charge in [0.15, 0.2) is 0 Å². The normalized spacial score (nSPS) is 17.6. The van der Waals surface area contributed by atoms with Gasteiger partial charge in [-0.25, -0.2) is 0 Å². The molecule has 3 heterocycles. The molecule has 2 N–H and O–H groups in total. The Morgan fingerprint density at radius 2 is 2.18 bits per heavy atom. The van der Waals surface area contributed by atoms with Crippen molar-refractivity contribution in [1.29, 1.82) is 0 Å². The molecule has 0 amide bonds. The van der Waals surface area contributed by atoms with Crippen molar-refractivity contribution in [2.24, 2.45) is 0 Å². The smallest absolute Gasteiger partial charge is 0.111 e. The summed E-state index contributed by atoms with van der Waals surface area (Å²) < 4.78 is 0. The van der Waals surface area contributed by atoms with E-state index in [2.05, 4.69) is 25.4 Å². The molecule has 1 fully saturated rings. The van der Waals surface area contributed by atoms with Crippen molar-refractivity contribution in [1.82, 2.24) is 25.4 Å². The number of nitrogens with zero attached hydrogens (tertiary/aromatic N) is 3. The van der Waals surface area contributed by atoms with E-state index in [4.69, 9.17) is 0 Å². The first-order valence-corrected chi connectivity index (χ1v) is 6.14. The van der Waals surface area contributed by atoms with Gasteiger partial charge in [-0.3, -0.25) is 10.1 Å². The molecule has 1 aliphatic heterocycles. The topological polar surface area (TPSA) is 56.8 Å². The largest absolute Gasteiger partial charge is 0.314 e. The number of pyridine rings is 1. The molecule has 17 heavy (non-hydrogen) atoms. The van der Waals surface area contributed by atoms with E-state index in [1.165, 1.54) is 0 Å². The Bertz CT molecular complexity index is 486. The van der Waals surface area contributed by atoms with Crippen molar-refractivity contribution in [2.75, 3.05) is 32.7 Å². The van der Waals surface area contributed by atoms with Gasteiger partial charge in [0.2, 0.25) is 0 Å². The van der Waals surface area contributed by atoms with Gasteiger partial charge < -0.3 is 10.2 Å². The van der Waals surface area contributed by atoms with Crippen molar-refractivity contribution < 1.29 is 0 Å². The molecule has 0 aromatic carbocycles. The van der Waals surface area contributed by atoms with Gasteiger partial charge in [-0.1, -0.05) is 0 Å². The van der Waals surface area contributed by atoms with Gasteiger partial charge in [-0.05, 0) is 12.1 Å². The highest BCUT2D eigenvalue weighted by Crippen LogP contribution is 2.12. The quantitative estimate of drug-likeness (QED) is 0.803. The van der Waals surface area contributed by atoms with Gasteiger partial charge in [-0.2, -0.15) is 5.10 Å². The van der Waals surface area contributed by atoms with Crippen LogP contribution in [0.4, 0.5) is 0 Å². The number of fused-ring (bicyclic) bond motifs is 1. The number of H-pyrrole nitrogens is 1. The zero-order chi connectivity index (χ0) is 11.5. The first kappa shape index (κ1) is 10.7. The lowest BCUT2D eigenvalue weighted by atomic mass is 10.2. The van der Waals surface area contributed by atoms with Gasteiger partial charge in [-0.15, -0.1) is 0 Å². The van der Waals surface area contributed by atoms with Crippen LogP contribution in [0.15, 0.2) is 18.3 Å². The van der Waals surface area contributed by atoms with Gasteiger partial charge in [0.1, 0.15) is 11.0 Å². The van der Waals surface area contributed by atoms with Crippen molar-refractivity contribution in [2.45, 2.75) is 6.42 Å². The summed E-state index contributed by atoms with van der Waals surface area (Å²) in [4.78, 5) is 6.86. The Morgan fingerprint density at radius 3 is 3.06 bits per heavy atom. The second-order valence-corrected chi connectivity index (χ2v) is 4.41. The molecule has 0 bridgehead atoms. The molecule has 1 aliphatic rings. The molecule has 0 radical (unpaired) electrons. The standard InChI is InChI=1S/C12H17N5/c1-2-10-12(14-4-1)11(16-15-10)3-7-17-8-5-13-6-9-17/h1-2,4,13H,3,5-9H2,(H,15,16). The lowest BCUT2D eigenvalue weighted by Crippen LogP contribution is -2.44. The summed E-state index contributed by atoms with van der Waals surface area (Å²) in [5, 5.41) is 10.7. The van der Waals surface area contributed by atoms with E-state index in [1.807, 2.05) is 18.3 Å². The molecule has 0 unspecified atom stereocenters. The first-order valence-electron chi connectivity index (χ1n) is 6.14. The number of piperazine rings is 1. The molecule has 5 nitrogen and oxygen atoms in total. The fourth-order valence-electron chi connectivity index (χ4n) is 2.28. The summed E-state index contributed by atoms with van der Waals surface area (Å²) in [6.07, 6.45) is 2.82. The Balaban J connectivity index is 1.68. The van der Waals surface area contributed by atoms with E-state index in [9.17, 15) is 0 Å². The maximum Gasteiger partial charge on any atom is 0.111 e.